The van der Waals surface area contributed by atoms with Crippen LogP contribution < -0.4 is 10.6 Å². The van der Waals surface area contributed by atoms with E-state index in [9.17, 15) is 19.2 Å². The van der Waals surface area contributed by atoms with Crippen molar-refractivity contribution >= 4 is 40.0 Å². The van der Waals surface area contributed by atoms with Gasteiger partial charge in [-0.3, -0.25) is 14.4 Å². The molecule has 1 heterocycles. The molecular formula is C22H23N3O5S. The largest absolute Gasteiger partial charge is 0.467 e. The quantitative estimate of drug-likeness (QED) is 0.666. The Morgan fingerprint density at radius 2 is 1.84 bits per heavy atom. The van der Waals surface area contributed by atoms with Gasteiger partial charge in [-0.15, -0.1) is 0 Å². The SMILES string of the molecule is COC(=O)[C@@H](NC(=O)[C@H]1CC(=O)c2sc(NC(=O)C3CCC3)nc2C1)c1ccccc1. The number of hydrogen-bond donors (Lipinski definition) is 2. The van der Waals surface area contributed by atoms with Crippen LogP contribution in [0, 0.1) is 11.8 Å². The Bertz CT molecular complexity index is 1020. The number of ether oxygens (including phenoxy) is 1. The fourth-order valence-electron chi connectivity index (χ4n) is 3.75. The van der Waals surface area contributed by atoms with E-state index in [1.54, 1.807) is 24.3 Å². The Labute approximate surface area is 183 Å². The monoisotopic (exact) mass is 441 g/mol. The van der Waals surface area contributed by atoms with Gasteiger partial charge in [0, 0.05) is 18.8 Å². The lowest BCUT2D eigenvalue weighted by atomic mass is 9.85. The number of nitrogens with zero attached hydrogens (tertiary/aromatic N) is 1. The van der Waals surface area contributed by atoms with Crippen LogP contribution in [0.4, 0.5) is 5.13 Å². The van der Waals surface area contributed by atoms with Gasteiger partial charge in [0.15, 0.2) is 17.0 Å². The third kappa shape index (κ3) is 4.51. The predicted octanol–water partition coefficient (Wildman–Crippen LogP) is 2.66. The van der Waals surface area contributed by atoms with Gasteiger partial charge in [-0.05, 0) is 18.4 Å². The molecule has 0 saturated heterocycles. The Kier molecular flexibility index (Phi) is 6.13. The number of fused-ring (bicyclic) bond motifs is 1. The molecule has 1 aromatic heterocycles. The fourth-order valence-corrected chi connectivity index (χ4v) is 4.69. The van der Waals surface area contributed by atoms with Crippen LogP contribution in [0.3, 0.4) is 0 Å². The summed E-state index contributed by atoms with van der Waals surface area (Å²) in [5.41, 5.74) is 1.11. The number of esters is 1. The summed E-state index contributed by atoms with van der Waals surface area (Å²) < 4.78 is 4.83. The van der Waals surface area contributed by atoms with Gasteiger partial charge in [-0.1, -0.05) is 48.1 Å². The first-order valence-electron chi connectivity index (χ1n) is 10.2. The number of aromatic nitrogens is 1. The van der Waals surface area contributed by atoms with Gasteiger partial charge >= 0.3 is 5.97 Å². The van der Waals surface area contributed by atoms with E-state index in [4.69, 9.17) is 4.74 Å². The first kappa shape index (κ1) is 21.2. The highest BCUT2D eigenvalue weighted by Crippen LogP contribution is 2.34. The van der Waals surface area contributed by atoms with Crippen molar-refractivity contribution in [3.63, 3.8) is 0 Å². The maximum Gasteiger partial charge on any atom is 0.333 e. The van der Waals surface area contributed by atoms with Crippen molar-refractivity contribution in [2.45, 2.75) is 38.1 Å². The zero-order valence-corrected chi connectivity index (χ0v) is 17.9. The number of rotatable bonds is 6. The van der Waals surface area contributed by atoms with E-state index in [0.29, 0.717) is 21.3 Å². The van der Waals surface area contributed by atoms with E-state index in [2.05, 4.69) is 15.6 Å². The smallest absolute Gasteiger partial charge is 0.333 e. The Hall–Kier alpha value is -3.07. The van der Waals surface area contributed by atoms with Crippen LogP contribution in [0.1, 0.15) is 52.7 Å². The second kappa shape index (κ2) is 8.97. The van der Waals surface area contributed by atoms with Crippen molar-refractivity contribution in [2.75, 3.05) is 12.4 Å². The molecule has 0 radical (unpaired) electrons. The number of methoxy groups -OCH3 is 1. The number of benzene rings is 1. The first-order valence-corrected chi connectivity index (χ1v) is 11.0. The molecule has 162 valence electrons. The average molecular weight is 442 g/mol. The molecule has 2 aromatic rings. The third-order valence-electron chi connectivity index (χ3n) is 5.76. The van der Waals surface area contributed by atoms with Crippen molar-refractivity contribution < 1.29 is 23.9 Å². The van der Waals surface area contributed by atoms with Crippen LogP contribution in [-0.4, -0.2) is 35.7 Å². The molecule has 2 amide bonds. The van der Waals surface area contributed by atoms with Gasteiger partial charge in [-0.25, -0.2) is 9.78 Å². The molecule has 0 unspecified atom stereocenters. The lowest BCUT2D eigenvalue weighted by Gasteiger charge is -2.23. The van der Waals surface area contributed by atoms with Gasteiger partial charge in [0.2, 0.25) is 11.8 Å². The molecule has 2 N–H and O–H groups in total. The number of Topliss-reactive ketones (excluding diaryl/α,β-unsaturated/α-hetero) is 1. The summed E-state index contributed by atoms with van der Waals surface area (Å²) >= 11 is 1.16. The van der Waals surface area contributed by atoms with Gasteiger partial charge in [0.05, 0.1) is 23.6 Å². The number of amides is 2. The Morgan fingerprint density at radius 1 is 1.10 bits per heavy atom. The number of thiazole rings is 1. The van der Waals surface area contributed by atoms with Gasteiger partial charge in [0.25, 0.3) is 0 Å². The number of nitrogens with one attached hydrogen (secondary N) is 2. The second-order valence-corrected chi connectivity index (χ2v) is 8.81. The summed E-state index contributed by atoms with van der Waals surface area (Å²) in [5.74, 6) is -1.87. The molecule has 2 aliphatic rings. The van der Waals surface area contributed by atoms with Crippen LogP contribution in [0.2, 0.25) is 0 Å². The maximum absolute atomic E-state index is 12.9. The molecule has 0 aliphatic heterocycles. The minimum atomic E-state index is -0.956. The Balaban J connectivity index is 1.46. The number of anilines is 1. The summed E-state index contributed by atoms with van der Waals surface area (Å²) in [5, 5.41) is 5.91. The lowest BCUT2D eigenvalue weighted by Crippen LogP contribution is -2.40. The fraction of sp³-hybridized carbons (Fsp3) is 0.409. The van der Waals surface area contributed by atoms with E-state index >= 15 is 0 Å². The molecule has 2 aliphatic carbocycles. The second-order valence-electron chi connectivity index (χ2n) is 7.82. The highest BCUT2D eigenvalue weighted by Gasteiger charge is 2.35. The van der Waals surface area contributed by atoms with Crippen molar-refractivity contribution in [2.24, 2.45) is 11.8 Å². The maximum atomic E-state index is 12.9. The highest BCUT2D eigenvalue weighted by molar-refractivity contribution is 7.17. The molecule has 4 rings (SSSR count). The van der Waals surface area contributed by atoms with Crippen molar-refractivity contribution in [1.82, 2.24) is 10.3 Å². The summed E-state index contributed by atoms with van der Waals surface area (Å²) in [7, 11) is 1.26. The van der Waals surface area contributed by atoms with Crippen LogP contribution >= 0.6 is 11.3 Å². The third-order valence-corrected chi connectivity index (χ3v) is 6.81. The normalized spacial score (nSPS) is 19.0. The summed E-state index contributed by atoms with van der Waals surface area (Å²) in [6, 6.07) is 7.84. The van der Waals surface area contributed by atoms with E-state index in [1.165, 1.54) is 7.11 Å². The predicted molar refractivity (Wildman–Crippen MR) is 114 cm³/mol. The van der Waals surface area contributed by atoms with Gasteiger partial charge in [0.1, 0.15) is 0 Å². The van der Waals surface area contributed by atoms with E-state index in [1.807, 2.05) is 6.07 Å². The van der Waals surface area contributed by atoms with Gasteiger partial charge < -0.3 is 15.4 Å². The molecule has 0 bridgehead atoms. The van der Waals surface area contributed by atoms with Crippen LogP contribution in [0.25, 0.3) is 0 Å². The van der Waals surface area contributed by atoms with Crippen LogP contribution in [0.15, 0.2) is 30.3 Å². The summed E-state index contributed by atoms with van der Waals surface area (Å²) in [6.07, 6.45) is 3.10. The molecule has 1 aromatic carbocycles. The highest BCUT2D eigenvalue weighted by atomic mass is 32.1. The standard InChI is InChI=1S/C22H23N3O5S/c1-30-21(29)17(12-6-3-2-4-7-12)24-20(28)14-10-15-18(16(26)11-14)31-22(23-15)25-19(27)13-8-5-9-13/h2-4,6-7,13-14,17H,5,8-11H2,1H3,(H,24,28)(H,23,25,27)/t14-,17+/m1/s1. The molecular weight excluding hydrogens is 418 g/mol. The van der Waals surface area contributed by atoms with Crippen LogP contribution in [0.5, 0.6) is 0 Å². The van der Waals surface area contributed by atoms with Crippen LogP contribution in [-0.2, 0) is 25.5 Å². The topological polar surface area (TPSA) is 114 Å². The molecule has 31 heavy (non-hydrogen) atoms. The number of ketones is 1. The zero-order valence-electron chi connectivity index (χ0n) is 17.1. The molecule has 1 saturated carbocycles. The van der Waals surface area contributed by atoms with Gasteiger partial charge in [-0.2, -0.15) is 0 Å². The lowest BCUT2D eigenvalue weighted by molar-refractivity contribution is -0.145. The minimum Gasteiger partial charge on any atom is -0.467 e. The first-order chi connectivity index (χ1) is 15.0. The number of carbonyl (C=O) groups excluding carboxylic acids is 4. The summed E-state index contributed by atoms with van der Waals surface area (Å²) in [6.45, 7) is 0. The van der Waals surface area contributed by atoms with E-state index in [-0.39, 0.29) is 30.4 Å². The molecule has 8 nitrogen and oxygen atoms in total. The van der Waals surface area contributed by atoms with E-state index in [0.717, 1.165) is 30.6 Å². The van der Waals surface area contributed by atoms with E-state index < -0.39 is 23.8 Å². The molecule has 9 heteroatoms. The van der Waals surface area contributed by atoms with Crippen molar-refractivity contribution in [1.29, 1.82) is 0 Å². The average Bonchev–Trinajstić information content (AvgIpc) is 3.13. The Morgan fingerprint density at radius 3 is 2.48 bits per heavy atom. The molecule has 1 fully saturated rings. The van der Waals surface area contributed by atoms with Crippen molar-refractivity contribution in [3.05, 3.63) is 46.5 Å². The summed E-state index contributed by atoms with van der Waals surface area (Å²) in [4.78, 5) is 54.8. The molecule has 0 spiro atoms. The minimum absolute atomic E-state index is 0.0170. The van der Waals surface area contributed by atoms with Crippen molar-refractivity contribution in [3.8, 4) is 0 Å². The number of hydrogen-bond acceptors (Lipinski definition) is 7. The zero-order chi connectivity index (χ0) is 22.0. The molecule has 2 atom stereocenters. The number of carbonyl (C=O) groups is 4.